The summed E-state index contributed by atoms with van der Waals surface area (Å²) in [6.07, 6.45) is 2.07. The average molecular weight is 284 g/mol. The maximum absolute atomic E-state index is 11.5. The first-order chi connectivity index (χ1) is 9.24. The molecule has 1 aromatic carbocycles. The minimum Gasteiger partial charge on any atom is -0.459 e. The predicted molar refractivity (Wildman–Crippen MR) is 73.1 cm³/mol. The molecule has 0 radical (unpaired) electrons. The number of piperidine rings is 1. The average Bonchev–Trinajstić information content (AvgIpc) is 2.45. The van der Waals surface area contributed by atoms with Gasteiger partial charge in [0.2, 0.25) is 0 Å². The van der Waals surface area contributed by atoms with Gasteiger partial charge in [-0.15, -0.1) is 0 Å². The van der Waals surface area contributed by atoms with Crippen molar-refractivity contribution in [2.24, 2.45) is 0 Å². The van der Waals surface area contributed by atoms with E-state index in [2.05, 4.69) is 5.32 Å². The first-order valence-electron chi connectivity index (χ1n) is 6.46. The van der Waals surface area contributed by atoms with Gasteiger partial charge in [-0.05, 0) is 43.6 Å². The van der Waals surface area contributed by atoms with Crippen molar-refractivity contribution >= 4 is 17.6 Å². The normalized spacial score (nSPS) is 16.3. The largest absolute Gasteiger partial charge is 0.459 e. The second kappa shape index (κ2) is 7.48. The molecule has 1 aromatic rings. The molecular formula is C14H18ClNO3. The van der Waals surface area contributed by atoms with Crippen LogP contribution in [0.1, 0.15) is 18.4 Å². The molecule has 1 saturated heterocycles. The maximum Gasteiger partial charge on any atom is 0.332 e. The second-order valence-electron chi connectivity index (χ2n) is 4.55. The molecule has 0 aromatic heterocycles. The molecule has 0 saturated carbocycles. The summed E-state index contributed by atoms with van der Waals surface area (Å²) >= 11 is 5.78. The van der Waals surface area contributed by atoms with Crippen LogP contribution in [0.25, 0.3) is 0 Å². The number of hydrogen-bond acceptors (Lipinski definition) is 4. The van der Waals surface area contributed by atoms with E-state index in [1.807, 2.05) is 12.1 Å². The molecule has 1 heterocycles. The molecule has 1 aliphatic rings. The lowest BCUT2D eigenvalue weighted by atomic mass is 10.1. The number of benzene rings is 1. The Labute approximate surface area is 118 Å². The molecule has 1 fully saturated rings. The number of carbonyl (C=O) groups is 1. The Hall–Kier alpha value is -1.10. The molecule has 0 unspecified atom stereocenters. The van der Waals surface area contributed by atoms with Crippen LogP contribution >= 0.6 is 11.6 Å². The van der Waals surface area contributed by atoms with Crippen LogP contribution < -0.4 is 5.32 Å². The molecule has 0 amide bonds. The van der Waals surface area contributed by atoms with Crippen molar-refractivity contribution in [3.63, 3.8) is 0 Å². The summed E-state index contributed by atoms with van der Waals surface area (Å²) in [6.45, 7) is 2.18. The van der Waals surface area contributed by atoms with Gasteiger partial charge in [0.1, 0.15) is 13.2 Å². The smallest absolute Gasteiger partial charge is 0.332 e. The molecule has 0 spiro atoms. The lowest BCUT2D eigenvalue weighted by molar-refractivity contribution is -0.152. The van der Waals surface area contributed by atoms with Gasteiger partial charge >= 0.3 is 5.97 Å². The number of ether oxygens (including phenoxy) is 2. The highest BCUT2D eigenvalue weighted by Crippen LogP contribution is 2.11. The van der Waals surface area contributed by atoms with E-state index in [9.17, 15) is 4.79 Å². The van der Waals surface area contributed by atoms with Gasteiger partial charge in [0, 0.05) is 5.02 Å². The highest BCUT2D eigenvalue weighted by atomic mass is 35.5. The summed E-state index contributed by atoms with van der Waals surface area (Å²) < 4.78 is 10.7. The molecule has 0 aliphatic carbocycles. The predicted octanol–water partition coefficient (Wildman–Crippen LogP) is 2.15. The summed E-state index contributed by atoms with van der Waals surface area (Å²) in [5, 5.41) is 3.92. The SMILES string of the molecule is O=C(COC1CCNCC1)OCc1ccc(Cl)cc1. The summed E-state index contributed by atoms with van der Waals surface area (Å²) in [4.78, 5) is 11.5. The Morgan fingerprint density at radius 1 is 1.26 bits per heavy atom. The molecule has 104 valence electrons. The zero-order valence-corrected chi connectivity index (χ0v) is 11.5. The Kier molecular flexibility index (Phi) is 5.63. The fourth-order valence-corrected chi connectivity index (χ4v) is 2.06. The Bertz CT molecular complexity index is 402. The molecule has 1 N–H and O–H groups in total. The van der Waals surface area contributed by atoms with Crippen LogP contribution in [-0.2, 0) is 20.9 Å². The van der Waals surface area contributed by atoms with Crippen molar-refractivity contribution in [2.75, 3.05) is 19.7 Å². The lowest BCUT2D eigenvalue weighted by Gasteiger charge is -2.22. The highest BCUT2D eigenvalue weighted by molar-refractivity contribution is 6.30. The van der Waals surface area contributed by atoms with Crippen LogP contribution in [0.4, 0.5) is 0 Å². The molecular weight excluding hydrogens is 266 g/mol. The van der Waals surface area contributed by atoms with Gasteiger partial charge < -0.3 is 14.8 Å². The molecule has 1 aliphatic heterocycles. The van der Waals surface area contributed by atoms with E-state index in [0.717, 1.165) is 31.5 Å². The van der Waals surface area contributed by atoms with Crippen molar-refractivity contribution < 1.29 is 14.3 Å². The van der Waals surface area contributed by atoms with Gasteiger partial charge in [0.25, 0.3) is 0 Å². The van der Waals surface area contributed by atoms with Gasteiger partial charge in [0.05, 0.1) is 6.10 Å². The van der Waals surface area contributed by atoms with Gasteiger partial charge in [-0.2, -0.15) is 0 Å². The minimum absolute atomic E-state index is 0.0260. The molecule has 19 heavy (non-hydrogen) atoms. The zero-order valence-electron chi connectivity index (χ0n) is 10.7. The number of carbonyl (C=O) groups excluding carboxylic acids is 1. The van der Waals surface area contributed by atoms with Crippen molar-refractivity contribution in [3.8, 4) is 0 Å². The third-order valence-electron chi connectivity index (χ3n) is 3.04. The third-order valence-corrected chi connectivity index (χ3v) is 3.29. The Morgan fingerprint density at radius 2 is 1.95 bits per heavy atom. The van der Waals surface area contributed by atoms with E-state index >= 15 is 0 Å². The number of esters is 1. The van der Waals surface area contributed by atoms with Crippen LogP contribution in [0.2, 0.25) is 5.02 Å². The lowest BCUT2D eigenvalue weighted by Crippen LogP contribution is -2.33. The molecule has 2 rings (SSSR count). The van der Waals surface area contributed by atoms with Crippen LogP contribution in [0.5, 0.6) is 0 Å². The van der Waals surface area contributed by atoms with E-state index in [4.69, 9.17) is 21.1 Å². The van der Waals surface area contributed by atoms with E-state index in [1.165, 1.54) is 0 Å². The Balaban J connectivity index is 1.65. The standard InChI is InChI=1S/C14H18ClNO3/c15-12-3-1-11(2-4-12)9-19-14(17)10-18-13-5-7-16-8-6-13/h1-4,13,16H,5-10H2. The van der Waals surface area contributed by atoms with Crippen LogP contribution in [-0.4, -0.2) is 31.8 Å². The van der Waals surface area contributed by atoms with Gasteiger partial charge in [-0.1, -0.05) is 23.7 Å². The number of hydrogen-bond donors (Lipinski definition) is 1. The van der Waals surface area contributed by atoms with Crippen molar-refractivity contribution in [1.29, 1.82) is 0 Å². The van der Waals surface area contributed by atoms with Crippen LogP contribution in [0, 0.1) is 0 Å². The highest BCUT2D eigenvalue weighted by Gasteiger charge is 2.15. The van der Waals surface area contributed by atoms with Gasteiger partial charge in [-0.3, -0.25) is 0 Å². The second-order valence-corrected chi connectivity index (χ2v) is 4.98. The van der Waals surface area contributed by atoms with Crippen LogP contribution in [0.3, 0.4) is 0 Å². The fraction of sp³-hybridized carbons (Fsp3) is 0.500. The molecule has 0 atom stereocenters. The monoisotopic (exact) mass is 283 g/mol. The van der Waals surface area contributed by atoms with Crippen LogP contribution in [0.15, 0.2) is 24.3 Å². The summed E-state index contributed by atoms with van der Waals surface area (Å²) in [6, 6.07) is 7.22. The summed E-state index contributed by atoms with van der Waals surface area (Å²) in [5.41, 5.74) is 0.916. The zero-order chi connectivity index (χ0) is 13.5. The van der Waals surface area contributed by atoms with Gasteiger partial charge in [-0.25, -0.2) is 4.79 Å². The summed E-state index contributed by atoms with van der Waals surface area (Å²) in [7, 11) is 0. The summed E-state index contributed by atoms with van der Waals surface area (Å²) in [5.74, 6) is -0.325. The number of nitrogens with one attached hydrogen (secondary N) is 1. The van der Waals surface area contributed by atoms with E-state index in [1.54, 1.807) is 12.1 Å². The number of rotatable bonds is 5. The quantitative estimate of drug-likeness (QED) is 0.841. The van der Waals surface area contributed by atoms with E-state index < -0.39 is 0 Å². The Morgan fingerprint density at radius 3 is 2.63 bits per heavy atom. The van der Waals surface area contributed by atoms with Crippen molar-refractivity contribution in [3.05, 3.63) is 34.9 Å². The molecule has 0 bridgehead atoms. The third kappa shape index (κ3) is 5.19. The maximum atomic E-state index is 11.5. The fourth-order valence-electron chi connectivity index (χ4n) is 1.93. The first-order valence-corrected chi connectivity index (χ1v) is 6.84. The molecule has 4 nitrogen and oxygen atoms in total. The topological polar surface area (TPSA) is 47.6 Å². The van der Waals surface area contributed by atoms with E-state index in [-0.39, 0.29) is 25.3 Å². The van der Waals surface area contributed by atoms with E-state index in [0.29, 0.717) is 5.02 Å². The number of halogens is 1. The van der Waals surface area contributed by atoms with Gasteiger partial charge in [0.15, 0.2) is 0 Å². The van der Waals surface area contributed by atoms with Crippen molar-refractivity contribution in [2.45, 2.75) is 25.6 Å². The minimum atomic E-state index is -0.325. The van der Waals surface area contributed by atoms with Crippen molar-refractivity contribution in [1.82, 2.24) is 5.32 Å². The molecule has 5 heteroatoms. The first kappa shape index (κ1) is 14.3.